The first-order valence-corrected chi connectivity index (χ1v) is 2.51. The molecule has 0 bridgehead atoms. The lowest BCUT2D eigenvalue weighted by Crippen LogP contribution is -2.23. The number of carbonyl (C=O) groups excluding carboxylic acids is 1. The van der Waals surface area contributed by atoms with Crippen molar-refractivity contribution in [2.45, 2.75) is 0 Å². The maximum Gasteiger partial charge on any atom is 0.223 e. The second-order valence-corrected chi connectivity index (χ2v) is 1.78. The lowest BCUT2D eigenvalue weighted by atomic mass is 10.1. The minimum atomic E-state index is -0.289. The summed E-state index contributed by atoms with van der Waals surface area (Å²) in [6, 6.07) is 0. The first-order valence-electron chi connectivity index (χ1n) is 2.51. The second-order valence-electron chi connectivity index (χ2n) is 1.78. The van der Waals surface area contributed by atoms with Crippen LogP contribution in [0.1, 0.15) is 0 Å². The highest BCUT2D eigenvalue weighted by Gasteiger charge is 2.20. The van der Waals surface area contributed by atoms with Gasteiger partial charge in [0.1, 0.15) is 0 Å². The monoisotopic (exact) mass is 114 g/mol. The molecule has 0 saturated carbocycles. The summed E-state index contributed by atoms with van der Waals surface area (Å²) >= 11 is 0. The van der Waals surface area contributed by atoms with E-state index in [1.54, 1.807) is 6.42 Å². The molecule has 8 heavy (non-hydrogen) atoms. The van der Waals surface area contributed by atoms with E-state index in [0.717, 1.165) is 0 Å². The predicted octanol–water partition coefficient (Wildman–Crippen LogP) is -0.678. The average molecular weight is 114 g/mol. The summed E-state index contributed by atoms with van der Waals surface area (Å²) in [5, 5.41) is 0. The van der Waals surface area contributed by atoms with Crippen molar-refractivity contribution in [1.29, 1.82) is 0 Å². The smallest absolute Gasteiger partial charge is 0.223 e. The van der Waals surface area contributed by atoms with Gasteiger partial charge in [0.2, 0.25) is 5.91 Å². The van der Waals surface area contributed by atoms with Crippen LogP contribution in [0.5, 0.6) is 0 Å². The van der Waals surface area contributed by atoms with Crippen molar-refractivity contribution in [3.8, 4) is 0 Å². The van der Waals surface area contributed by atoms with Gasteiger partial charge >= 0.3 is 0 Å². The average Bonchev–Trinajstić information content (AvgIpc) is 2.12. The van der Waals surface area contributed by atoms with Crippen LogP contribution in [0, 0.1) is 12.3 Å². The van der Waals surface area contributed by atoms with E-state index in [1.807, 2.05) is 0 Å². The number of nitrogens with two attached hydrogens (primary N) is 1. The third-order valence-electron chi connectivity index (χ3n) is 1.16. The van der Waals surface area contributed by atoms with Crippen LogP contribution >= 0.6 is 0 Å². The molecule has 1 atom stereocenters. The SMILES string of the molecule is NC(=O)C1[CH]COC1. The summed E-state index contributed by atoms with van der Waals surface area (Å²) in [7, 11) is 0. The predicted molar refractivity (Wildman–Crippen MR) is 27.8 cm³/mol. The molecule has 45 valence electrons. The van der Waals surface area contributed by atoms with Gasteiger partial charge in [0.15, 0.2) is 0 Å². The summed E-state index contributed by atoms with van der Waals surface area (Å²) in [5.41, 5.74) is 4.95. The highest BCUT2D eigenvalue weighted by Crippen LogP contribution is 2.08. The van der Waals surface area contributed by atoms with Crippen LogP contribution in [0.2, 0.25) is 0 Å². The lowest BCUT2D eigenvalue weighted by molar-refractivity contribution is -0.121. The van der Waals surface area contributed by atoms with Crippen LogP contribution in [0.4, 0.5) is 0 Å². The zero-order chi connectivity index (χ0) is 5.98. The molecule has 1 amide bonds. The zero-order valence-electron chi connectivity index (χ0n) is 4.46. The first kappa shape index (κ1) is 5.56. The molecule has 3 heteroatoms. The van der Waals surface area contributed by atoms with Crippen LogP contribution in [0.25, 0.3) is 0 Å². The molecule has 2 N–H and O–H groups in total. The maximum absolute atomic E-state index is 10.3. The molecular weight excluding hydrogens is 106 g/mol. The maximum atomic E-state index is 10.3. The van der Waals surface area contributed by atoms with E-state index < -0.39 is 0 Å². The summed E-state index contributed by atoms with van der Waals surface area (Å²) < 4.78 is 4.86. The van der Waals surface area contributed by atoms with Gasteiger partial charge in [-0.3, -0.25) is 4.79 Å². The Hall–Kier alpha value is -0.570. The normalized spacial score (nSPS) is 28.2. The standard InChI is InChI=1S/C5H8NO2/c6-5(7)4-1-2-8-3-4/h1,4H,2-3H2,(H2,6,7). The third kappa shape index (κ3) is 0.980. The number of ether oxygens (including phenoxy) is 1. The highest BCUT2D eigenvalue weighted by atomic mass is 16.5. The Kier molecular flexibility index (Phi) is 1.48. The van der Waals surface area contributed by atoms with E-state index in [1.165, 1.54) is 0 Å². The first-order chi connectivity index (χ1) is 3.80. The summed E-state index contributed by atoms with van der Waals surface area (Å²) in [6.07, 6.45) is 1.78. The molecule has 0 spiro atoms. The largest absolute Gasteiger partial charge is 0.380 e. The van der Waals surface area contributed by atoms with Gasteiger partial charge in [-0.15, -0.1) is 0 Å². The summed E-state index contributed by atoms with van der Waals surface area (Å²) in [4.78, 5) is 10.3. The summed E-state index contributed by atoms with van der Waals surface area (Å²) in [6.45, 7) is 1.03. The molecule has 1 rings (SSSR count). The van der Waals surface area contributed by atoms with Crippen molar-refractivity contribution in [2.24, 2.45) is 11.7 Å². The molecule has 1 fully saturated rings. The van der Waals surface area contributed by atoms with E-state index in [2.05, 4.69) is 0 Å². The molecule has 0 aliphatic carbocycles. The molecule has 1 heterocycles. The van der Waals surface area contributed by atoms with Crippen molar-refractivity contribution < 1.29 is 9.53 Å². The van der Waals surface area contributed by atoms with Gasteiger partial charge in [0, 0.05) is 6.42 Å². The van der Waals surface area contributed by atoms with Gasteiger partial charge in [-0.1, -0.05) is 0 Å². The molecule has 1 radical (unpaired) electrons. The van der Waals surface area contributed by atoms with Gasteiger partial charge in [0.05, 0.1) is 19.1 Å². The minimum absolute atomic E-state index is 0.144. The molecule has 1 aliphatic heterocycles. The molecular formula is C5H8NO2. The number of carbonyl (C=O) groups is 1. The molecule has 0 aromatic carbocycles. The molecule has 1 aliphatic rings. The van der Waals surface area contributed by atoms with Crippen molar-refractivity contribution in [3.05, 3.63) is 6.42 Å². The Morgan fingerprint density at radius 2 is 2.62 bits per heavy atom. The van der Waals surface area contributed by atoms with Crippen LogP contribution in [0.15, 0.2) is 0 Å². The van der Waals surface area contributed by atoms with E-state index in [0.29, 0.717) is 13.2 Å². The van der Waals surface area contributed by atoms with Crippen LogP contribution in [0.3, 0.4) is 0 Å². The molecule has 0 aromatic heterocycles. The van der Waals surface area contributed by atoms with Gasteiger partial charge in [-0.25, -0.2) is 0 Å². The number of hydrogen-bond donors (Lipinski definition) is 1. The van der Waals surface area contributed by atoms with E-state index >= 15 is 0 Å². The van der Waals surface area contributed by atoms with Gasteiger partial charge in [0.25, 0.3) is 0 Å². The third-order valence-corrected chi connectivity index (χ3v) is 1.16. The fraction of sp³-hybridized carbons (Fsp3) is 0.600. The Labute approximate surface area is 47.8 Å². The van der Waals surface area contributed by atoms with Gasteiger partial charge in [-0.05, 0) is 0 Å². The molecule has 1 saturated heterocycles. The molecule has 0 aromatic rings. The second kappa shape index (κ2) is 2.13. The van der Waals surface area contributed by atoms with Crippen molar-refractivity contribution in [3.63, 3.8) is 0 Å². The topological polar surface area (TPSA) is 52.3 Å². The quantitative estimate of drug-likeness (QED) is 0.491. The van der Waals surface area contributed by atoms with Crippen LogP contribution < -0.4 is 5.73 Å². The van der Waals surface area contributed by atoms with Gasteiger partial charge < -0.3 is 10.5 Å². The molecule has 1 unspecified atom stereocenters. The van der Waals surface area contributed by atoms with E-state index in [-0.39, 0.29) is 11.8 Å². The Bertz CT molecular complexity index is 96.6. The van der Waals surface area contributed by atoms with E-state index in [9.17, 15) is 4.79 Å². The number of rotatable bonds is 1. The molecule has 3 nitrogen and oxygen atoms in total. The summed E-state index contributed by atoms with van der Waals surface area (Å²) in [5.74, 6) is -0.433. The van der Waals surface area contributed by atoms with Crippen molar-refractivity contribution >= 4 is 5.91 Å². The van der Waals surface area contributed by atoms with Crippen LogP contribution in [-0.2, 0) is 9.53 Å². The minimum Gasteiger partial charge on any atom is -0.380 e. The number of hydrogen-bond acceptors (Lipinski definition) is 2. The fourth-order valence-electron chi connectivity index (χ4n) is 0.646. The van der Waals surface area contributed by atoms with Crippen LogP contribution in [-0.4, -0.2) is 19.1 Å². The van der Waals surface area contributed by atoms with Crippen molar-refractivity contribution in [2.75, 3.05) is 13.2 Å². The van der Waals surface area contributed by atoms with Crippen molar-refractivity contribution in [1.82, 2.24) is 0 Å². The fourth-order valence-corrected chi connectivity index (χ4v) is 0.646. The number of amides is 1. The highest BCUT2D eigenvalue weighted by molar-refractivity contribution is 5.78. The zero-order valence-corrected chi connectivity index (χ0v) is 4.46. The van der Waals surface area contributed by atoms with Gasteiger partial charge in [-0.2, -0.15) is 0 Å². The lowest BCUT2D eigenvalue weighted by Gasteiger charge is -1.96. The Morgan fingerprint density at radius 1 is 1.88 bits per heavy atom. The Balaban J connectivity index is 2.35. The van der Waals surface area contributed by atoms with E-state index in [4.69, 9.17) is 10.5 Å². The number of primary amides is 1. The Morgan fingerprint density at radius 3 is 2.88 bits per heavy atom.